The maximum absolute atomic E-state index is 13.1. The Hall–Kier alpha value is -2.65. The van der Waals surface area contributed by atoms with Gasteiger partial charge in [-0.15, -0.1) is 5.10 Å². The molecule has 0 bridgehead atoms. The molecule has 1 saturated carbocycles. The van der Waals surface area contributed by atoms with E-state index >= 15 is 0 Å². The number of aliphatic hydroxyl groups excluding tert-OH is 1. The van der Waals surface area contributed by atoms with Crippen molar-refractivity contribution >= 4 is 11.5 Å². The summed E-state index contributed by atoms with van der Waals surface area (Å²) in [6.07, 6.45) is 0.450. The zero-order chi connectivity index (χ0) is 20.9. The second-order valence-electron chi connectivity index (χ2n) is 8.38. The molecule has 1 unspecified atom stereocenters. The molecule has 2 aliphatic rings. The number of alkyl halides is 3. The average molecular weight is 417 g/mol. The van der Waals surface area contributed by atoms with E-state index in [-0.39, 0.29) is 11.5 Å². The van der Waals surface area contributed by atoms with Gasteiger partial charge in [0.05, 0.1) is 17.5 Å². The number of nitrogens with one attached hydrogen (secondary N) is 2. The molecular formula is C21H22F3N5O. The maximum Gasteiger partial charge on any atom is 0.416 e. The number of anilines is 1. The predicted molar refractivity (Wildman–Crippen MR) is 106 cm³/mol. The molecule has 1 aliphatic carbocycles. The van der Waals surface area contributed by atoms with Crippen LogP contribution in [0.5, 0.6) is 0 Å². The molecule has 158 valence electrons. The van der Waals surface area contributed by atoms with E-state index in [0.717, 1.165) is 44.4 Å². The highest BCUT2D eigenvalue weighted by Crippen LogP contribution is 2.49. The number of halogens is 3. The minimum Gasteiger partial charge on any atom is -0.379 e. The number of aliphatic hydroxyl groups is 1. The molecule has 0 radical (unpaired) electrons. The molecule has 30 heavy (non-hydrogen) atoms. The maximum atomic E-state index is 13.1. The lowest BCUT2D eigenvalue weighted by Gasteiger charge is -2.51. The molecule has 0 amide bonds. The predicted octanol–water partition coefficient (Wildman–Crippen LogP) is 3.68. The van der Waals surface area contributed by atoms with Crippen LogP contribution in [0.2, 0.25) is 0 Å². The van der Waals surface area contributed by atoms with Gasteiger partial charge in [0.15, 0.2) is 5.65 Å². The first-order valence-electron chi connectivity index (χ1n) is 10.0. The number of hydrogen-bond donors (Lipinski definition) is 3. The molecule has 3 N–H and O–H groups in total. The van der Waals surface area contributed by atoms with Gasteiger partial charge in [-0.3, -0.25) is 5.32 Å². The molecule has 1 aromatic carbocycles. The van der Waals surface area contributed by atoms with Crippen LogP contribution in [-0.4, -0.2) is 38.5 Å². The van der Waals surface area contributed by atoms with Crippen LogP contribution in [-0.2, 0) is 6.18 Å². The van der Waals surface area contributed by atoms with Crippen LogP contribution in [0.4, 0.5) is 19.0 Å². The monoisotopic (exact) mass is 417 g/mol. The number of nitrogens with zero attached hydrogens (tertiary/aromatic N) is 3. The average Bonchev–Trinajstić information content (AvgIpc) is 3.09. The summed E-state index contributed by atoms with van der Waals surface area (Å²) in [6.45, 7) is 0.827. The number of aromatic nitrogens is 3. The van der Waals surface area contributed by atoms with Gasteiger partial charge in [0, 0.05) is 11.6 Å². The quantitative estimate of drug-likeness (QED) is 0.606. The number of fused-ring (bicyclic) bond motifs is 1. The van der Waals surface area contributed by atoms with Crippen molar-refractivity contribution in [1.82, 2.24) is 19.9 Å². The van der Waals surface area contributed by atoms with E-state index in [1.165, 1.54) is 12.3 Å². The number of hydrogen-bond acceptors (Lipinski definition) is 5. The molecule has 1 atom stereocenters. The van der Waals surface area contributed by atoms with Crippen LogP contribution in [0.1, 0.15) is 31.2 Å². The van der Waals surface area contributed by atoms with Gasteiger partial charge >= 0.3 is 6.18 Å². The van der Waals surface area contributed by atoms with Crippen LogP contribution in [0.3, 0.4) is 0 Å². The summed E-state index contributed by atoms with van der Waals surface area (Å²) in [5.74, 6) is 0.656. The Bertz CT molecular complexity index is 1070. The highest BCUT2D eigenvalue weighted by molar-refractivity contribution is 5.64. The van der Waals surface area contributed by atoms with Crippen molar-refractivity contribution in [2.75, 3.05) is 11.9 Å². The number of imidazole rings is 1. The van der Waals surface area contributed by atoms with Crippen LogP contribution in [0, 0.1) is 5.41 Å². The number of rotatable bonds is 3. The topological polar surface area (TPSA) is 74.5 Å². The van der Waals surface area contributed by atoms with E-state index in [1.54, 1.807) is 16.6 Å². The summed E-state index contributed by atoms with van der Waals surface area (Å²) in [6, 6.07) is 9.08. The smallest absolute Gasteiger partial charge is 0.379 e. The molecule has 3 heterocycles. The van der Waals surface area contributed by atoms with Crippen molar-refractivity contribution in [2.24, 2.45) is 5.41 Å². The fourth-order valence-corrected chi connectivity index (χ4v) is 4.76. The first kappa shape index (κ1) is 19.3. The van der Waals surface area contributed by atoms with Crippen molar-refractivity contribution < 1.29 is 18.3 Å². The molecule has 1 spiro atoms. The zero-order valence-corrected chi connectivity index (χ0v) is 16.2. The summed E-state index contributed by atoms with van der Waals surface area (Å²) in [5, 5.41) is 20.9. The summed E-state index contributed by atoms with van der Waals surface area (Å²) < 4.78 is 40.8. The van der Waals surface area contributed by atoms with E-state index in [1.807, 2.05) is 6.07 Å². The molecule has 5 rings (SSSR count). The van der Waals surface area contributed by atoms with Gasteiger partial charge < -0.3 is 10.4 Å². The summed E-state index contributed by atoms with van der Waals surface area (Å²) in [7, 11) is 0. The van der Waals surface area contributed by atoms with Gasteiger partial charge in [0.25, 0.3) is 0 Å². The highest BCUT2D eigenvalue weighted by atomic mass is 19.4. The number of benzene rings is 1. The Morgan fingerprint density at radius 3 is 2.77 bits per heavy atom. The molecule has 3 aromatic rings. The zero-order valence-electron chi connectivity index (χ0n) is 16.2. The van der Waals surface area contributed by atoms with Gasteiger partial charge in [0.2, 0.25) is 0 Å². The summed E-state index contributed by atoms with van der Waals surface area (Å²) in [4.78, 5) is 4.27. The Kier molecular flexibility index (Phi) is 4.48. The van der Waals surface area contributed by atoms with Crippen LogP contribution in [0.15, 0.2) is 42.6 Å². The largest absolute Gasteiger partial charge is 0.416 e. The van der Waals surface area contributed by atoms with Crippen LogP contribution >= 0.6 is 0 Å². The minimum absolute atomic E-state index is 0.185. The van der Waals surface area contributed by atoms with Crippen molar-refractivity contribution in [3.05, 3.63) is 48.2 Å². The fourth-order valence-electron chi connectivity index (χ4n) is 4.76. The van der Waals surface area contributed by atoms with Gasteiger partial charge in [-0.25, -0.2) is 9.50 Å². The Labute approximate surface area is 171 Å². The van der Waals surface area contributed by atoms with Gasteiger partial charge in [-0.05, 0) is 61.9 Å². The highest BCUT2D eigenvalue weighted by Gasteiger charge is 2.46. The first-order chi connectivity index (χ1) is 14.3. The SMILES string of the molecule is OC1CC2(CCN1)CC(Nc1ccc3ncc(-c4cccc(C(F)(F)F)c4)n3n1)C2. The molecule has 9 heteroatoms. The van der Waals surface area contributed by atoms with E-state index in [9.17, 15) is 18.3 Å². The van der Waals surface area contributed by atoms with E-state index in [2.05, 4.69) is 20.7 Å². The molecule has 2 aromatic heterocycles. The number of piperidine rings is 1. The third-order valence-electron chi connectivity index (χ3n) is 6.22. The van der Waals surface area contributed by atoms with Crippen LogP contribution < -0.4 is 10.6 Å². The lowest BCUT2D eigenvalue weighted by Crippen LogP contribution is -2.53. The molecule has 6 nitrogen and oxygen atoms in total. The van der Waals surface area contributed by atoms with Gasteiger partial charge in [-0.1, -0.05) is 12.1 Å². The lowest BCUT2D eigenvalue weighted by atomic mass is 9.60. The molecular weight excluding hydrogens is 395 g/mol. The third kappa shape index (κ3) is 3.52. The third-order valence-corrected chi connectivity index (χ3v) is 6.22. The second kappa shape index (κ2) is 6.95. The normalized spacial score (nSPS) is 26.7. The van der Waals surface area contributed by atoms with E-state index in [0.29, 0.717) is 22.7 Å². The Morgan fingerprint density at radius 1 is 1.17 bits per heavy atom. The fraction of sp³-hybridized carbons (Fsp3) is 0.429. The summed E-state index contributed by atoms with van der Waals surface area (Å²) >= 11 is 0. The standard InChI is InChI=1S/C21H22F3N5O/c22-21(23,24)14-3-1-2-13(8-14)16-12-26-18-5-4-17(28-29(16)18)27-15-9-20(10-15)6-7-25-19(30)11-20/h1-5,8,12,15,19,25,30H,6-7,9-11H2,(H,27,28). The molecule has 1 aliphatic heterocycles. The Balaban J connectivity index is 1.37. The second-order valence-corrected chi connectivity index (χ2v) is 8.38. The minimum atomic E-state index is -4.40. The van der Waals surface area contributed by atoms with Gasteiger partial charge in [-0.2, -0.15) is 13.2 Å². The molecule has 1 saturated heterocycles. The van der Waals surface area contributed by atoms with E-state index in [4.69, 9.17) is 0 Å². The molecule has 2 fully saturated rings. The van der Waals surface area contributed by atoms with Crippen molar-refractivity contribution in [3.8, 4) is 11.3 Å². The van der Waals surface area contributed by atoms with Crippen molar-refractivity contribution in [1.29, 1.82) is 0 Å². The van der Waals surface area contributed by atoms with Crippen molar-refractivity contribution in [2.45, 2.75) is 44.1 Å². The first-order valence-corrected chi connectivity index (χ1v) is 10.0. The summed E-state index contributed by atoms with van der Waals surface area (Å²) in [5.41, 5.74) is 0.970. The van der Waals surface area contributed by atoms with Crippen molar-refractivity contribution in [3.63, 3.8) is 0 Å². The van der Waals surface area contributed by atoms with Gasteiger partial charge in [0.1, 0.15) is 12.0 Å². The van der Waals surface area contributed by atoms with E-state index < -0.39 is 18.0 Å². The van der Waals surface area contributed by atoms with Crippen LogP contribution in [0.25, 0.3) is 16.9 Å². The Morgan fingerprint density at radius 2 is 2.00 bits per heavy atom. The lowest BCUT2D eigenvalue weighted by molar-refractivity contribution is -0.137.